The molecule has 5 aromatic carbocycles. The van der Waals surface area contributed by atoms with Crippen LogP contribution in [0.4, 0.5) is 5.69 Å². The van der Waals surface area contributed by atoms with Crippen molar-refractivity contribution in [1.82, 2.24) is 0 Å². The first-order chi connectivity index (χ1) is 22.4. The van der Waals surface area contributed by atoms with Gasteiger partial charge in [-0.05, 0) is 51.6 Å². The number of fused-ring (bicyclic) bond motifs is 5. The molecule has 2 fully saturated rings. The van der Waals surface area contributed by atoms with Gasteiger partial charge in [-0.1, -0.05) is 127 Å². The zero-order valence-electron chi connectivity index (χ0n) is 24.5. The molecule has 4 atom stereocenters. The van der Waals surface area contributed by atoms with Crippen molar-refractivity contribution >= 4 is 40.4 Å². The van der Waals surface area contributed by atoms with Crippen molar-refractivity contribution < 1.29 is 24.3 Å². The number of hydrogen-bond donors (Lipinski definition) is 1. The van der Waals surface area contributed by atoms with Crippen LogP contribution in [-0.4, -0.2) is 28.7 Å². The van der Waals surface area contributed by atoms with Crippen molar-refractivity contribution in [2.24, 2.45) is 11.8 Å². The molecule has 1 saturated heterocycles. The molecule has 6 heteroatoms. The predicted octanol–water partition coefficient (Wildman–Crippen LogP) is 6.57. The summed E-state index contributed by atoms with van der Waals surface area (Å²) in [7, 11) is 0. The Morgan fingerprint density at radius 2 is 0.957 bits per heavy atom. The minimum Gasteiger partial charge on any atom is -0.478 e. The molecule has 8 rings (SSSR count). The second-order valence-electron chi connectivity index (χ2n) is 12.0. The molecular weight excluding hydrogens is 574 g/mol. The van der Waals surface area contributed by atoms with E-state index in [1.165, 1.54) is 18.2 Å². The third kappa shape index (κ3) is 3.41. The van der Waals surface area contributed by atoms with Gasteiger partial charge in [-0.25, -0.2) is 9.69 Å². The zero-order valence-corrected chi connectivity index (χ0v) is 24.5. The zero-order chi connectivity index (χ0) is 31.6. The van der Waals surface area contributed by atoms with Gasteiger partial charge in [-0.3, -0.25) is 14.4 Å². The van der Waals surface area contributed by atoms with Crippen molar-refractivity contribution in [3.8, 4) is 0 Å². The fourth-order valence-electron chi connectivity index (χ4n) is 8.37. The number of allylic oxidation sites excluding steroid dienone is 2. The average Bonchev–Trinajstić information content (AvgIpc) is 3.62. The molecule has 222 valence electrons. The predicted molar refractivity (Wildman–Crippen MR) is 174 cm³/mol. The summed E-state index contributed by atoms with van der Waals surface area (Å²) in [6.07, 6.45) is 0. The van der Waals surface area contributed by atoms with Crippen LogP contribution in [0.25, 0.3) is 11.1 Å². The number of ketones is 1. The van der Waals surface area contributed by atoms with E-state index in [2.05, 4.69) is 0 Å². The molecule has 1 N–H and O–H groups in total. The highest BCUT2D eigenvalue weighted by Crippen LogP contribution is 2.74. The third-order valence-corrected chi connectivity index (χ3v) is 9.93. The average molecular weight is 602 g/mol. The molecule has 3 aliphatic rings. The molecule has 1 heterocycles. The SMILES string of the molecule is O=C(O)c1cccc(N2C(=O)[C@H]3[C@H](C2=O)[C@@]2(c4ccccc4)C(=O)[C@@]3(c3ccccc3)C(c3ccccc3)=C2c2ccccc2)c1. The van der Waals surface area contributed by atoms with Crippen molar-refractivity contribution in [3.05, 3.63) is 173 Å². The molecule has 0 aromatic heterocycles. The van der Waals surface area contributed by atoms with E-state index in [1.54, 1.807) is 6.07 Å². The largest absolute Gasteiger partial charge is 0.478 e. The van der Waals surface area contributed by atoms with Crippen LogP contribution in [0, 0.1) is 11.8 Å². The Kier molecular flexibility index (Phi) is 6.06. The minimum absolute atomic E-state index is 0.0437. The standard InChI is InChI=1S/C40H27NO5/c42-35-33-34(36(43)41(35)30-23-13-18-27(24-30)37(44)45)40(29-21-11-4-12-22-29)32(26-16-7-2-8-17-26)31(25-14-5-1-6-15-25)39(33,38(40)46)28-19-9-3-10-20-28/h1-24,33-34H,(H,44,45)/t33-,34-,39+,40+/m1/s1. The summed E-state index contributed by atoms with van der Waals surface area (Å²) < 4.78 is 0. The lowest BCUT2D eigenvalue weighted by Crippen LogP contribution is -2.45. The monoisotopic (exact) mass is 601 g/mol. The highest BCUT2D eigenvalue weighted by molar-refractivity contribution is 6.39. The summed E-state index contributed by atoms with van der Waals surface area (Å²) in [5.41, 5.74) is 1.39. The van der Waals surface area contributed by atoms with Crippen LogP contribution in [-0.2, 0) is 25.2 Å². The molecule has 2 amide bonds. The van der Waals surface area contributed by atoms with Gasteiger partial charge in [0.1, 0.15) is 0 Å². The lowest BCUT2D eigenvalue weighted by Gasteiger charge is -2.39. The molecule has 5 aromatic rings. The number of Topliss-reactive ketones (excluding diaryl/α,β-unsaturated/α-hetero) is 1. The van der Waals surface area contributed by atoms with Gasteiger partial charge in [0.2, 0.25) is 11.8 Å². The maximum atomic E-state index is 15.8. The van der Waals surface area contributed by atoms with E-state index in [0.717, 1.165) is 16.0 Å². The normalized spacial score (nSPS) is 24.9. The first kappa shape index (κ1) is 27.7. The summed E-state index contributed by atoms with van der Waals surface area (Å²) >= 11 is 0. The molecular formula is C40H27NO5. The number of anilines is 1. The first-order valence-electron chi connectivity index (χ1n) is 15.2. The number of benzene rings is 5. The quantitative estimate of drug-likeness (QED) is 0.222. The minimum atomic E-state index is -1.51. The van der Waals surface area contributed by atoms with Crippen LogP contribution in [0.3, 0.4) is 0 Å². The van der Waals surface area contributed by atoms with Gasteiger partial charge < -0.3 is 5.11 Å². The highest BCUT2D eigenvalue weighted by atomic mass is 16.4. The van der Waals surface area contributed by atoms with E-state index in [0.29, 0.717) is 22.3 Å². The molecule has 0 unspecified atom stereocenters. The Balaban J connectivity index is 1.53. The van der Waals surface area contributed by atoms with Gasteiger partial charge in [0.15, 0.2) is 5.78 Å². The number of amides is 2. The number of nitrogens with zero attached hydrogens (tertiary/aromatic N) is 1. The van der Waals surface area contributed by atoms with E-state index < -0.39 is 40.4 Å². The van der Waals surface area contributed by atoms with Crippen LogP contribution in [0.2, 0.25) is 0 Å². The Morgan fingerprint density at radius 3 is 1.37 bits per heavy atom. The smallest absolute Gasteiger partial charge is 0.335 e. The van der Waals surface area contributed by atoms with Gasteiger partial charge in [-0.15, -0.1) is 0 Å². The number of hydrogen-bond acceptors (Lipinski definition) is 4. The molecule has 2 aliphatic carbocycles. The molecule has 46 heavy (non-hydrogen) atoms. The second kappa shape index (κ2) is 10.1. The Bertz CT molecular complexity index is 1970. The van der Waals surface area contributed by atoms with Crippen LogP contribution < -0.4 is 4.90 Å². The van der Waals surface area contributed by atoms with Gasteiger partial charge in [0.25, 0.3) is 0 Å². The third-order valence-electron chi connectivity index (χ3n) is 9.93. The number of carbonyl (C=O) groups is 4. The Labute approximate surface area is 265 Å². The van der Waals surface area contributed by atoms with Gasteiger partial charge in [0, 0.05) is 0 Å². The van der Waals surface area contributed by atoms with Crippen LogP contribution >= 0.6 is 0 Å². The second-order valence-corrected chi connectivity index (χ2v) is 12.0. The van der Waals surface area contributed by atoms with Crippen LogP contribution in [0.5, 0.6) is 0 Å². The van der Waals surface area contributed by atoms with E-state index in [9.17, 15) is 19.5 Å². The fourth-order valence-corrected chi connectivity index (χ4v) is 8.37. The maximum Gasteiger partial charge on any atom is 0.335 e. The van der Waals surface area contributed by atoms with Crippen LogP contribution in [0.1, 0.15) is 32.6 Å². The topological polar surface area (TPSA) is 91.8 Å². The first-order valence-corrected chi connectivity index (χ1v) is 15.2. The number of carboxylic acid groups (broad SMARTS) is 1. The summed E-state index contributed by atoms with van der Waals surface area (Å²) in [6, 6.07) is 43.8. The van der Waals surface area contributed by atoms with Crippen molar-refractivity contribution in [2.45, 2.75) is 10.8 Å². The number of aromatic carboxylic acids is 1. The molecule has 1 saturated carbocycles. The molecule has 6 nitrogen and oxygen atoms in total. The summed E-state index contributed by atoms with van der Waals surface area (Å²) in [5, 5.41) is 9.74. The van der Waals surface area contributed by atoms with Crippen molar-refractivity contribution in [2.75, 3.05) is 4.90 Å². The molecule has 2 bridgehead atoms. The van der Waals surface area contributed by atoms with Gasteiger partial charge in [0.05, 0.1) is 33.9 Å². The number of rotatable bonds is 6. The van der Waals surface area contributed by atoms with E-state index in [-0.39, 0.29) is 17.0 Å². The lowest BCUT2D eigenvalue weighted by atomic mass is 9.59. The van der Waals surface area contributed by atoms with E-state index in [1.807, 2.05) is 121 Å². The van der Waals surface area contributed by atoms with Crippen LogP contribution in [0.15, 0.2) is 146 Å². The Hall–Kier alpha value is -5.88. The maximum absolute atomic E-state index is 15.8. The number of carbonyl (C=O) groups excluding carboxylic acids is 3. The van der Waals surface area contributed by atoms with Gasteiger partial charge >= 0.3 is 5.97 Å². The Morgan fingerprint density at radius 1 is 0.543 bits per heavy atom. The van der Waals surface area contributed by atoms with Crippen molar-refractivity contribution in [3.63, 3.8) is 0 Å². The molecule has 1 aliphatic heterocycles. The lowest BCUT2D eigenvalue weighted by molar-refractivity contribution is -0.130. The summed E-state index contributed by atoms with van der Waals surface area (Å²) in [5.74, 6) is -4.57. The fraction of sp³-hybridized carbons (Fsp3) is 0.100. The van der Waals surface area contributed by atoms with Crippen molar-refractivity contribution in [1.29, 1.82) is 0 Å². The highest BCUT2D eigenvalue weighted by Gasteiger charge is 2.82. The number of carboxylic acids is 1. The molecule has 0 spiro atoms. The van der Waals surface area contributed by atoms with Gasteiger partial charge in [-0.2, -0.15) is 0 Å². The van der Waals surface area contributed by atoms with E-state index in [4.69, 9.17) is 0 Å². The number of imide groups is 1. The van der Waals surface area contributed by atoms with E-state index >= 15 is 4.79 Å². The summed E-state index contributed by atoms with van der Waals surface area (Å²) in [4.78, 5) is 58.8. The molecule has 0 radical (unpaired) electrons. The summed E-state index contributed by atoms with van der Waals surface area (Å²) in [6.45, 7) is 0.